The number of halogens is 4. The maximum atomic E-state index is 14.6. The van der Waals surface area contributed by atoms with E-state index >= 15 is 0 Å². The van der Waals surface area contributed by atoms with E-state index < -0.39 is 60.6 Å². The minimum Gasteiger partial charge on any atom is -0.394 e. The van der Waals surface area contributed by atoms with Crippen LogP contribution in [-0.2, 0) is 15.7 Å². The zero-order valence-electron chi connectivity index (χ0n) is 20.2. The van der Waals surface area contributed by atoms with Crippen LogP contribution in [0.15, 0.2) is 6.33 Å². The van der Waals surface area contributed by atoms with Crippen molar-refractivity contribution in [2.75, 3.05) is 11.9 Å². The van der Waals surface area contributed by atoms with Crippen LogP contribution in [0.2, 0.25) is 0 Å². The van der Waals surface area contributed by atoms with Gasteiger partial charge in [0.15, 0.2) is 29.4 Å². The summed E-state index contributed by atoms with van der Waals surface area (Å²) in [6, 6.07) is 0. The molecule has 1 aliphatic rings. The van der Waals surface area contributed by atoms with Crippen molar-refractivity contribution in [3.05, 3.63) is 12.2 Å². The molecule has 0 bridgehead atoms. The number of aliphatic hydroxyl groups excluding tert-OH is 2. The summed E-state index contributed by atoms with van der Waals surface area (Å²) >= 11 is 0. The highest BCUT2D eigenvalue weighted by Crippen LogP contribution is 2.36. The van der Waals surface area contributed by atoms with E-state index in [9.17, 15) is 32.6 Å². The molecule has 1 fully saturated rings. The Hall–Kier alpha value is -2.38. The number of amides is 1. The van der Waals surface area contributed by atoms with Crippen LogP contribution in [0.4, 0.5) is 23.4 Å². The summed E-state index contributed by atoms with van der Waals surface area (Å²) in [5.74, 6) is -2.50. The number of hydrogen-bond donors (Lipinski definition) is 3. The smallest absolute Gasteiger partial charge is 0.394 e. The van der Waals surface area contributed by atoms with Crippen LogP contribution in [0.1, 0.15) is 83.2 Å². The number of aliphatic hydroxyl groups is 2. The largest absolute Gasteiger partial charge is 0.451 e. The summed E-state index contributed by atoms with van der Waals surface area (Å²) in [5, 5.41) is 21.5. The van der Waals surface area contributed by atoms with Gasteiger partial charge in [-0.1, -0.05) is 58.3 Å². The average molecular weight is 520 g/mol. The Morgan fingerprint density at radius 1 is 1.11 bits per heavy atom. The molecule has 3 heterocycles. The maximum absolute atomic E-state index is 14.6. The van der Waals surface area contributed by atoms with Gasteiger partial charge < -0.3 is 20.3 Å². The summed E-state index contributed by atoms with van der Waals surface area (Å²) in [7, 11) is 0. The van der Waals surface area contributed by atoms with Gasteiger partial charge in [0.1, 0.15) is 12.2 Å². The number of carbonyl (C=O) groups excluding carboxylic acids is 1. The summed E-state index contributed by atoms with van der Waals surface area (Å²) < 4.78 is 61.2. The number of nitrogens with one attached hydrogen (secondary N) is 1. The molecule has 0 spiro atoms. The zero-order chi connectivity index (χ0) is 26.3. The summed E-state index contributed by atoms with van der Waals surface area (Å²) in [6.07, 6.45) is -0.946. The number of fused-ring (bicyclic) bond motifs is 1. The minimum absolute atomic E-state index is 0.103. The molecular formula is C23H33F4N5O4. The molecule has 3 rings (SSSR count). The standard InChI is InChI=1S/C23H33F4N5O4/c1-2-3-4-5-6-7-8-9-10-11-15(34)29-19-17-20(31-22(30-19)23(25,26)27)32(13-28-17)21-16(24)18(35)14(12-33)36-21/h13-14,16,18,21,33,35H,2-12H2,1H3,(H,29,30,31,34)/t14-,16+,18-,21-/m1/s1. The third-order valence-corrected chi connectivity index (χ3v) is 6.19. The van der Waals surface area contributed by atoms with Crippen molar-refractivity contribution in [1.29, 1.82) is 0 Å². The van der Waals surface area contributed by atoms with Crippen LogP contribution >= 0.6 is 0 Å². The number of rotatable bonds is 13. The minimum atomic E-state index is -4.95. The van der Waals surface area contributed by atoms with Crippen molar-refractivity contribution in [3.63, 3.8) is 0 Å². The van der Waals surface area contributed by atoms with Crippen molar-refractivity contribution in [2.45, 2.75) is 102 Å². The molecule has 2 aromatic heterocycles. The lowest BCUT2D eigenvalue weighted by Crippen LogP contribution is -2.30. The second-order valence-corrected chi connectivity index (χ2v) is 9.03. The number of hydrogen-bond acceptors (Lipinski definition) is 7. The predicted octanol–water partition coefficient (Wildman–Crippen LogP) is 4.29. The average Bonchev–Trinajstić information content (AvgIpc) is 3.38. The van der Waals surface area contributed by atoms with E-state index in [0.29, 0.717) is 6.42 Å². The first-order chi connectivity index (χ1) is 17.2. The summed E-state index contributed by atoms with van der Waals surface area (Å²) in [4.78, 5) is 23.3. The van der Waals surface area contributed by atoms with Gasteiger partial charge in [0.05, 0.1) is 12.9 Å². The fraction of sp³-hybridized carbons (Fsp3) is 0.739. The number of ether oxygens (including phenoxy) is 1. The fourth-order valence-electron chi connectivity index (χ4n) is 4.19. The number of imidazole rings is 1. The lowest BCUT2D eigenvalue weighted by atomic mass is 10.1. The lowest BCUT2D eigenvalue weighted by molar-refractivity contribution is -0.144. The Kier molecular flexibility index (Phi) is 9.97. The molecule has 1 saturated heterocycles. The second kappa shape index (κ2) is 12.7. The first kappa shape index (κ1) is 28.2. The van der Waals surface area contributed by atoms with Crippen molar-refractivity contribution in [2.24, 2.45) is 0 Å². The van der Waals surface area contributed by atoms with Gasteiger partial charge in [-0.25, -0.2) is 19.3 Å². The van der Waals surface area contributed by atoms with E-state index in [1.807, 2.05) is 0 Å². The number of carbonyl (C=O) groups is 1. The molecule has 3 N–H and O–H groups in total. The third-order valence-electron chi connectivity index (χ3n) is 6.19. The van der Waals surface area contributed by atoms with Gasteiger partial charge in [-0.2, -0.15) is 13.2 Å². The number of unbranched alkanes of at least 4 members (excludes halogenated alkanes) is 8. The Bertz CT molecular complexity index is 1000. The van der Waals surface area contributed by atoms with E-state index in [2.05, 4.69) is 27.2 Å². The predicted molar refractivity (Wildman–Crippen MR) is 123 cm³/mol. The molecule has 9 nitrogen and oxygen atoms in total. The number of alkyl halides is 4. The van der Waals surface area contributed by atoms with Gasteiger partial charge >= 0.3 is 6.18 Å². The van der Waals surface area contributed by atoms with Crippen LogP contribution in [0.25, 0.3) is 11.2 Å². The Morgan fingerprint density at radius 2 is 1.75 bits per heavy atom. The molecule has 13 heteroatoms. The summed E-state index contributed by atoms with van der Waals surface area (Å²) in [5.41, 5.74) is -0.602. The molecule has 0 radical (unpaired) electrons. The van der Waals surface area contributed by atoms with E-state index in [1.54, 1.807) is 0 Å². The van der Waals surface area contributed by atoms with Gasteiger partial charge in [0.25, 0.3) is 0 Å². The van der Waals surface area contributed by atoms with Crippen molar-refractivity contribution < 1.29 is 37.3 Å². The van der Waals surface area contributed by atoms with Gasteiger partial charge in [-0.3, -0.25) is 9.36 Å². The molecule has 36 heavy (non-hydrogen) atoms. The Labute approximate surface area is 206 Å². The van der Waals surface area contributed by atoms with E-state index in [4.69, 9.17) is 4.74 Å². The van der Waals surface area contributed by atoms with E-state index in [1.165, 1.54) is 25.7 Å². The number of anilines is 1. The zero-order valence-corrected chi connectivity index (χ0v) is 20.2. The molecule has 4 atom stereocenters. The van der Waals surface area contributed by atoms with E-state index in [-0.39, 0.29) is 11.9 Å². The van der Waals surface area contributed by atoms with Crippen molar-refractivity contribution in [1.82, 2.24) is 19.5 Å². The van der Waals surface area contributed by atoms with Crippen LogP contribution in [0.5, 0.6) is 0 Å². The molecule has 2 aromatic rings. The Morgan fingerprint density at radius 3 is 2.33 bits per heavy atom. The molecule has 1 amide bonds. The monoisotopic (exact) mass is 519 g/mol. The lowest BCUT2D eigenvalue weighted by Gasteiger charge is -2.16. The SMILES string of the molecule is CCCCCCCCCCCC(=O)Nc1nc(C(F)(F)F)nc2c1ncn2[C@@H]1O[C@H](CO)[C@@H](O)[C@@H]1F. The van der Waals surface area contributed by atoms with Gasteiger partial charge in [0, 0.05) is 6.42 Å². The molecular weight excluding hydrogens is 486 g/mol. The van der Waals surface area contributed by atoms with Crippen LogP contribution in [0.3, 0.4) is 0 Å². The molecule has 0 unspecified atom stereocenters. The molecule has 202 valence electrons. The molecule has 0 aliphatic carbocycles. The van der Waals surface area contributed by atoms with Crippen LogP contribution in [-0.4, -0.2) is 60.6 Å². The molecule has 0 saturated carbocycles. The normalized spacial score (nSPS) is 22.4. The highest BCUT2D eigenvalue weighted by molar-refractivity contribution is 5.96. The van der Waals surface area contributed by atoms with Crippen molar-refractivity contribution >= 4 is 22.9 Å². The van der Waals surface area contributed by atoms with E-state index in [0.717, 1.165) is 36.6 Å². The van der Waals surface area contributed by atoms with Crippen LogP contribution < -0.4 is 5.32 Å². The molecule has 1 aliphatic heterocycles. The topological polar surface area (TPSA) is 122 Å². The quantitative estimate of drug-likeness (QED) is 0.267. The second-order valence-electron chi connectivity index (χ2n) is 9.03. The highest BCUT2D eigenvalue weighted by atomic mass is 19.4. The van der Waals surface area contributed by atoms with Crippen LogP contribution in [0, 0.1) is 0 Å². The number of aromatic nitrogens is 4. The fourth-order valence-corrected chi connectivity index (χ4v) is 4.19. The highest BCUT2D eigenvalue weighted by Gasteiger charge is 2.46. The molecule has 0 aromatic carbocycles. The van der Waals surface area contributed by atoms with Crippen molar-refractivity contribution in [3.8, 4) is 0 Å². The van der Waals surface area contributed by atoms with Gasteiger partial charge in [-0.05, 0) is 6.42 Å². The number of nitrogens with zero attached hydrogens (tertiary/aromatic N) is 4. The summed E-state index contributed by atoms with van der Waals surface area (Å²) in [6.45, 7) is 1.47. The first-order valence-corrected chi connectivity index (χ1v) is 12.4. The van der Waals surface area contributed by atoms with Gasteiger partial charge in [0.2, 0.25) is 11.7 Å². The maximum Gasteiger partial charge on any atom is 0.451 e. The third kappa shape index (κ3) is 6.88. The van der Waals surface area contributed by atoms with Gasteiger partial charge in [-0.15, -0.1) is 0 Å². The first-order valence-electron chi connectivity index (χ1n) is 12.4. The Balaban J connectivity index is 1.68.